The minimum absolute atomic E-state index is 0.265. The van der Waals surface area contributed by atoms with Gasteiger partial charge in [-0.05, 0) is 91.5 Å². The molecule has 2 N–H and O–H groups in total. The van der Waals surface area contributed by atoms with E-state index in [0.717, 1.165) is 25.1 Å². The lowest BCUT2D eigenvalue weighted by Crippen LogP contribution is -2.58. The Morgan fingerprint density at radius 3 is 2.19 bits per heavy atom. The summed E-state index contributed by atoms with van der Waals surface area (Å²) in [5.74, 6) is 1.05. The molecule has 0 aromatic carbocycles. The molecule has 3 aliphatic heterocycles. The quantitative estimate of drug-likeness (QED) is 0.499. The molecule has 0 spiro atoms. The smallest absolute Gasteiger partial charge is 0.191 e. The summed E-state index contributed by atoms with van der Waals surface area (Å²) in [4.78, 5) is 13.3. The molecule has 0 radical (unpaired) electrons. The number of nitrogens with zero attached hydrogens (tertiary/aromatic N) is 4. The Balaban J connectivity index is 1.35. The Hall–Kier alpha value is -0.850. The molecule has 31 heavy (non-hydrogen) atoms. The lowest BCUT2D eigenvalue weighted by molar-refractivity contribution is 0.0207. The first-order valence-corrected chi connectivity index (χ1v) is 13.4. The largest absolute Gasteiger partial charge is 0.357 e. The fraction of sp³-hybridized carbons (Fsp3) is 0.960. The highest BCUT2D eigenvalue weighted by atomic mass is 15.3. The maximum absolute atomic E-state index is 5.22. The highest BCUT2D eigenvalue weighted by Gasteiger charge is 2.39. The van der Waals surface area contributed by atoms with E-state index in [9.17, 15) is 0 Å². The van der Waals surface area contributed by atoms with Crippen molar-refractivity contribution in [2.24, 2.45) is 4.99 Å². The normalized spacial score (nSPS) is 28.1. The predicted molar refractivity (Wildman–Crippen MR) is 131 cm³/mol. The number of piperidine rings is 3. The van der Waals surface area contributed by atoms with Gasteiger partial charge in [0.25, 0.3) is 0 Å². The summed E-state index contributed by atoms with van der Waals surface area (Å²) in [6.07, 6.45) is 14.9. The summed E-state index contributed by atoms with van der Waals surface area (Å²) in [6.45, 7) is 11.5. The van der Waals surface area contributed by atoms with Crippen molar-refractivity contribution in [1.29, 1.82) is 0 Å². The van der Waals surface area contributed by atoms with Crippen LogP contribution >= 0.6 is 0 Å². The van der Waals surface area contributed by atoms with Gasteiger partial charge in [0, 0.05) is 37.3 Å². The standard InChI is InChI=1S/C25H48N6/c1-3-26-24(28-22-11-17-30(18-12-22)23-9-5-6-10-23)27-21-25(13-19-29(2)20-14-25)31-15-7-4-8-16-31/h22-23H,3-21H2,1-2H3,(H2,26,27,28). The second-order valence-corrected chi connectivity index (χ2v) is 10.7. The molecule has 3 heterocycles. The Bertz CT molecular complexity index is 550. The third-order valence-electron chi connectivity index (χ3n) is 8.53. The first-order chi connectivity index (χ1) is 15.2. The molecule has 4 fully saturated rings. The molecule has 178 valence electrons. The number of likely N-dealkylation sites (tertiary alicyclic amines) is 3. The van der Waals surface area contributed by atoms with Crippen LogP contribution in [0.5, 0.6) is 0 Å². The number of guanidine groups is 1. The third kappa shape index (κ3) is 6.14. The zero-order chi connectivity index (χ0) is 21.5. The molecule has 0 unspecified atom stereocenters. The van der Waals surface area contributed by atoms with Gasteiger partial charge in [-0.3, -0.25) is 9.89 Å². The van der Waals surface area contributed by atoms with E-state index in [-0.39, 0.29) is 5.54 Å². The van der Waals surface area contributed by atoms with Gasteiger partial charge in [0.05, 0.1) is 6.54 Å². The van der Waals surface area contributed by atoms with Gasteiger partial charge in [-0.1, -0.05) is 19.3 Å². The monoisotopic (exact) mass is 432 g/mol. The van der Waals surface area contributed by atoms with Crippen molar-refractivity contribution in [1.82, 2.24) is 25.3 Å². The Morgan fingerprint density at radius 2 is 1.55 bits per heavy atom. The number of hydrogen-bond donors (Lipinski definition) is 2. The SMILES string of the molecule is CCNC(=NCC1(N2CCCCC2)CCN(C)CC1)NC1CCN(C2CCCC2)CC1. The molecule has 4 aliphatic rings. The van der Waals surface area contributed by atoms with Gasteiger partial charge in [0.1, 0.15) is 0 Å². The van der Waals surface area contributed by atoms with Crippen molar-refractivity contribution in [3.05, 3.63) is 0 Å². The van der Waals surface area contributed by atoms with Crippen molar-refractivity contribution in [3.63, 3.8) is 0 Å². The maximum atomic E-state index is 5.22. The molecule has 4 rings (SSSR count). The van der Waals surface area contributed by atoms with E-state index in [4.69, 9.17) is 4.99 Å². The molecule has 0 bridgehead atoms. The number of nitrogens with one attached hydrogen (secondary N) is 2. The predicted octanol–water partition coefficient (Wildman–Crippen LogP) is 2.90. The van der Waals surface area contributed by atoms with Crippen molar-refractivity contribution in [2.45, 2.75) is 95.2 Å². The molecule has 0 aromatic rings. The number of aliphatic imine (C=N–C) groups is 1. The van der Waals surface area contributed by atoms with Gasteiger partial charge in [0.2, 0.25) is 0 Å². The minimum Gasteiger partial charge on any atom is -0.357 e. The average molecular weight is 433 g/mol. The minimum atomic E-state index is 0.265. The molecule has 1 saturated carbocycles. The molecule has 3 saturated heterocycles. The van der Waals surface area contributed by atoms with Crippen LogP contribution in [0.4, 0.5) is 0 Å². The second-order valence-electron chi connectivity index (χ2n) is 10.7. The zero-order valence-electron chi connectivity index (χ0n) is 20.4. The van der Waals surface area contributed by atoms with E-state index in [1.807, 2.05) is 0 Å². The average Bonchev–Trinajstić information content (AvgIpc) is 3.35. The molecule has 0 amide bonds. The summed E-state index contributed by atoms with van der Waals surface area (Å²) in [5.41, 5.74) is 0.265. The van der Waals surface area contributed by atoms with Crippen molar-refractivity contribution in [3.8, 4) is 0 Å². The molecule has 0 aromatic heterocycles. The van der Waals surface area contributed by atoms with Crippen LogP contribution in [0.1, 0.15) is 77.6 Å². The molecule has 6 nitrogen and oxygen atoms in total. The van der Waals surface area contributed by atoms with Gasteiger partial charge in [-0.15, -0.1) is 0 Å². The molecular formula is C25H48N6. The van der Waals surface area contributed by atoms with Crippen LogP contribution in [0, 0.1) is 0 Å². The summed E-state index contributed by atoms with van der Waals surface area (Å²) < 4.78 is 0. The fourth-order valence-corrected chi connectivity index (χ4v) is 6.40. The Labute approximate surface area is 191 Å². The summed E-state index contributed by atoms with van der Waals surface area (Å²) in [7, 11) is 2.27. The summed E-state index contributed by atoms with van der Waals surface area (Å²) >= 11 is 0. The van der Waals surface area contributed by atoms with Crippen LogP contribution < -0.4 is 10.6 Å². The van der Waals surface area contributed by atoms with E-state index in [1.165, 1.54) is 110 Å². The molecule has 6 heteroatoms. The highest BCUT2D eigenvalue weighted by Crippen LogP contribution is 2.32. The van der Waals surface area contributed by atoms with Gasteiger partial charge in [-0.2, -0.15) is 0 Å². The molecule has 1 aliphatic carbocycles. The fourth-order valence-electron chi connectivity index (χ4n) is 6.40. The zero-order valence-corrected chi connectivity index (χ0v) is 20.4. The van der Waals surface area contributed by atoms with Crippen LogP contribution in [0.2, 0.25) is 0 Å². The number of hydrogen-bond acceptors (Lipinski definition) is 4. The summed E-state index contributed by atoms with van der Waals surface area (Å²) in [5, 5.41) is 7.38. The van der Waals surface area contributed by atoms with Gasteiger partial charge in [0.15, 0.2) is 5.96 Å². The topological polar surface area (TPSA) is 46.1 Å². The van der Waals surface area contributed by atoms with Crippen LogP contribution in [0.25, 0.3) is 0 Å². The maximum Gasteiger partial charge on any atom is 0.191 e. The molecular weight excluding hydrogens is 384 g/mol. The second kappa shape index (κ2) is 11.3. The van der Waals surface area contributed by atoms with Crippen LogP contribution in [0.15, 0.2) is 4.99 Å². The van der Waals surface area contributed by atoms with E-state index in [0.29, 0.717) is 6.04 Å². The van der Waals surface area contributed by atoms with Crippen molar-refractivity contribution < 1.29 is 0 Å². The highest BCUT2D eigenvalue weighted by molar-refractivity contribution is 5.80. The Kier molecular flexibility index (Phi) is 8.52. The van der Waals surface area contributed by atoms with Crippen LogP contribution in [-0.4, -0.2) is 97.7 Å². The van der Waals surface area contributed by atoms with Crippen LogP contribution in [-0.2, 0) is 0 Å². The van der Waals surface area contributed by atoms with E-state index in [2.05, 4.69) is 39.3 Å². The third-order valence-corrected chi connectivity index (χ3v) is 8.53. The van der Waals surface area contributed by atoms with Gasteiger partial charge < -0.3 is 20.4 Å². The van der Waals surface area contributed by atoms with Crippen molar-refractivity contribution >= 4 is 5.96 Å². The first kappa shape index (κ1) is 23.3. The van der Waals surface area contributed by atoms with Gasteiger partial charge in [-0.25, -0.2) is 0 Å². The van der Waals surface area contributed by atoms with Crippen LogP contribution in [0.3, 0.4) is 0 Å². The van der Waals surface area contributed by atoms with Gasteiger partial charge >= 0.3 is 0 Å². The summed E-state index contributed by atoms with van der Waals surface area (Å²) in [6, 6.07) is 1.44. The first-order valence-electron chi connectivity index (χ1n) is 13.4. The van der Waals surface area contributed by atoms with E-state index >= 15 is 0 Å². The van der Waals surface area contributed by atoms with E-state index < -0.39 is 0 Å². The lowest BCUT2D eigenvalue weighted by atomic mass is 9.84. The van der Waals surface area contributed by atoms with Crippen molar-refractivity contribution in [2.75, 3.05) is 59.4 Å². The van der Waals surface area contributed by atoms with E-state index in [1.54, 1.807) is 0 Å². The number of rotatable bonds is 6. The lowest BCUT2D eigenvalue weighted by Gasteiger charge is -2.49. The molecule has 0 atom stereocenters. The Morgan fingerprint density at radius 1 is 0.871 bits per heavy atom.